The predicted octanol–water partition coefficient (Wildman–Crippen LogP) is 1.98. The third-order valence-electron chi connectivity index (χ3n) is 4.11. The Balaban J connectivity index is 2.15. The minimum absolute atomic E-state index is 0.0205. The van der Waals surface area contributed by atoms with Crippen LogP contribution in [0.4, 0.5) is 0 Å². The minimum atomic E-state index is -0.184. The van der Waals surface area contributed by atoms with Crippen molar-refractivity contribution >= 4 is 5.91 Å². The van der Waals surface area contributed by atoms with Crippen molar-refractivity contribution in [3.8, 4) is 11.5 Å². The highest BCUT2D eigenvalue weighted by Crippen LogP contribution is 2.27. The second-order valence-corrected chi connectivity index (χ2v) is 5.37. The first-order chi connectivity index (χ1) is 10.2. The molecule has 2 atom stereocenters. The second kappa shape index (κ2) is 7.31. The number of hydrogen-bond acceptors (Lipinski definition) is 4. The van der Waals surface area contributed by atoms with Gasteiger partial charge in [0, 0.05) is 18.6 Å². The number of aliphatic hydroxyl groups is 1. The molecule has 2 rings (SSSR count). The molecular weight excluding hydrogens is 270 g/mol. The Kier molecular flexibility index (Phi) is 5.44. The quantitative estimate of drug-likeness (QED) is 0.871. The second-order valence-electron chi connectivity index (χ2n) is 5.37. The number of hydrogen-bond donors (Lipinski definition) is 2. The molecule has 1 aliphatic rings. The largest absolute Gasteiger partial charge is 0.497 e. The van der Waals surface area contributed by atoms with Crippen LogP contribution >= 0.6 is 0 Å². The fourth-order valence-corrected chi connectivity index (χ4v) is 2.85. The maximum Gasteiger partial charge on any atom is 0.255 e. The highest BCUT2D eigenvalue weighted by Gasteiger charge is 2.27. The van der Waals surface area contributed by atoms with Crippen LogP contribution < -0.4 is 14.8 Å². The fraction of sp³-hybridized carbons (Fsp3) is 0.562. The standard InChI is InChI=1S/C16H23NO4/c1-20-12-7-8-15(21-2)13(9-12)16(19)17-14-6-4-3-5-11(14)10-18/h7-9,11,14,18H,3-6,10H2,1-2H3,(H,17,19). The summed E-state index contributed by atoms with van der Waals surface area (Å²) in [6.45, 7) is 0.111. The third kappa shape index (κ3) is 3.67. The monoisotopic (exact) mass is 293 g/mol. The third-order valence-corrected chi connectivity index (χ3v) is 4.11. The molecule has 1 amide bonds. The lowest BCUT2D eigenvalue weighted by molar-refractivity contribution is 0.0869. The molecule has 0 bridgehead atoms. The van der Waals surface area contributed by atoms with E-state index >= 15 is 0 Å². The lowest BCUT2D eigenvalue weighted by Crippen LogP contribution is -2.43. The number of nitrogens with one attached hydrogen (secondary N) is 1. The van der Waals surface area contributed by atoms with Gasteiger partial charge in [0.2, 0.25) is 0 Å². The fourth-order valence-electron chi connectivity index (χ4n) is 2.85. The number of carbonyl (C=O) groups is 1. The summed E-state index contributed by atoms with van der Waals surface area (Å²) in [5.74, 6) is 1.09. The molecular formula is C16H23NO4. The van der Waals surface area contributed by atoms with Crippen molar-refractivity contribution in [3.05, 3.63) is 23.8 Å². The zero-order valence-corrected chi connectivity index (χ0v) is 12.6. The van der Waals surface area contributed by atoms with E-state index in [4.69, 9.17) is 9.47 Å². The van der Waals surface area contributed by atoms with Gasteiger partial charge in [-0.05, 0) is 31.0 Å². The lowest BCUT2D eigenvalue weighted by Gasteiger charge is -2.31. The van der Waals surface area contributed by atoms with Gasteiger partial charge in [-0.1, -0.05) is 12.8 Å². The van der Waals surface area contributed by atoms with Crippen molar-refractivity contribution in [3.63, 3.8) is 0 Å². The molecule has 21 heavy (non-hydrogen) atoms. The van der Waals surface area contributed by atoms with Crippen molar-refractivity contribution in [2.45, 2.75) is 31.7 Å². The van der Waals surface area contributed by atoms with E-state index in [0.717, 1.165) is 25.7 Å². The summed E-state index contributed by atoms with van der Waals surface area (Å²) >= 11 is 0. The molecule has 1 saturated carbocycles. The molecule has 1 aromatic rings. The molecule has 116 valence electrons. The number of methoxy groups -OCH3 is 2. The topological polar surface area (TPSA) is 67.8 Å². The van der Waals surface area contributed by atoms with Crippen molar-refractivity contribution in [2.75, 3.05) is 20.8 Å². The SMILES string of the molecule is COc1ccc(OC)c(C(=O)NC2CCCCC2CO)c1. The van der Waals surface area contributed by atoms with E-state index < -0.39 is 0 Å². The smallest absolute Gasteiger partial charge is 0.255 e. The van der Waals surface area contributed by atoms with Gasteiger partial charge in [-0.3, -0.25) is 4.79 Å². The van der Waals surface area contributed by atoms with Gasteiger partial charge in [0.15, 0.2) is 0 Å². The molecule has 0 radical (unpaired) electrons. The Labute approximate surface area is 125 Å². The van der Waals surface area contributed by atoms with Crippen LogP contribution in [-0.2, 0) is 0 Å². The first-order valence-corrected chi connectivity index (χ1v) is 7.33. The van der Waals surface area contributed by atoms with E-state index in [9.17, 15) is 9.90 Å². The molecule has 0 heterocycles. The Morgan fingerprint density at radius 3 is 2.71 bits per heavy atom. The van der Waals surface area contributed by atoms with Crippen LogP contribution in [0.2, 0.25) is 0 Å². The van der Waals surface area contributed by atoms with Gasteiger partial charge >= 0.3 is 0 Å². The van der Waals surface area contributed by atoms with Crippen molar-refractivity contribution in [2.24, 2.45) is 5.92 Å². The molecule has 0 spiro atoms. The molecule has 1 fully saturated rings. The zero-order chi connectivity index (χ0) is 15.2. The number of ether oxygens (including phenoxy) is 2. The van der Waals surface area contributed by atoms with Crippen molar-refractivity contribution in [1.82, 2.24) is 5.32 Å². The lowest BCUT2D eigenvalue weighted by atomic mass is 9.85. The molecule has 0 aromatic heterocycles. The van der Waals surface area contributed by atoms with Crippen LogP contribution in [0.1, 0.15) is 36.0 Å². The molecule has 1 aliphatic carbocycles. The summed E-state index contributed by atoms with van der Waals surface area (Å²) in [5, 5.41) is 12.5. The Morgan fingerprint density at radius 2 is 2.05 bits per heavy atom. The molecule has 1 aromatic carbocycles. The normalized spacial score (nSPS) is 21.7. The van der Waals surface area contributed by atoms with Crippen molar-refractivity contribution < 1.29 is 19.4 Å². The summed E-state index contributed by atoms with van der Waals surface area (Å²) in [6, 6.07) is 5.17. The van der Waals surface area contributed by atoms with Crippen LogP contribution in [0.25, 0.3) is 0 Å². The van der Waals surface area contributed by atoms with Crippen molar-refractivity contribution in [1.29, 1.82) is 0 Å². The summed E-state index contributed by atoms with van der Waals surface area (Å²) in [6.07, 6.45) is 4.05. The van der Waals surface area contributed by atoms with E-state index in [1.165, 1.54) is 7.11 Å². The molecule has 2 N–H and O–H groups in total. The minimum Gasteiger partial charge on any atom is -0.497 e. The van der Waals surface area contributed by atoms with Crippen LogP contribution in [0, 0.1) is 5.92 Å². The summed E-state index contributed by atoms with van der Waals surface area (Å²) in [5.41, 5.74) is 0.458. The number of carbonyl (C=O) groups excluding carboxylic acids is 1. The van der Waals surface area contributed by atoms with Gasteiger partial charge in [0.05, 0.1) is 19.8 Å². The molecule has 5 nitrogen and oxygen atoms in total. The van der Waals surface area contributed by atoms with Gasteiger partial charge in [-0.15, -0.1) is 0 Å². The van der Waals surface area contributed by atoms with E-state index in [1.807, 2.05) is 0 Å². The highest BCUT2D eigenvalue weighted by molar-refractivity contribution is 5.97. The average molecular weight is 293 g/mol. The van der Waals surface area contributed by atoms with Crippen LogP contribution in [0.15, 0.2) is 18.2 Å². The van der Waals surface area contributed by atoms with E-state index in [0.29, 0.717) is 17.1 Å². The summed E-state index contributed by atoms with van der Waals surface area (Å²) < 4.78 is 10.4. The van der Waals surface area contributed by atoms with Gasteiger partial charge in [0.1, 0.15) is 11.5 Å². The average Bonchev–Trinajstić information content (AvgIpc) is 2.54. The molecule has 2 unspecified atom stereocenters. The maximum atomic E-state index is 12.5. The Hall–Kier alpha value is -1.75. The van der Waals surface area contributed by atoms with Crippen LogP contribution in [0.5, 0.6) is 11.5 Å². The summed E-state index contributed by atoms with van der Waals surface area (Å²) in [4.78, 5) is 12.5. The first kappa shape index (κ1) is 15.6. The van der Waals surface area contributed by atoms with Gasteiger partial charge < -0.3 is 19.9 Å². The first-order valence-electron chi connectivity index (χ1n) is 7.33. The van der Waals surface area contributed by atoms with Crippen LogP contribution in [-0.4, -0.2) is 37.9 Å². The molecule has 0 aliphatic heterocycles. The van der Waals surface area contributed by atoms with Gasteiger partial charge in [-0.25, -0.2) is 0 Å². The number of amides is 1. The summed E-state index contributed by atoms with van der Waals surface area (Å²) in [7, 11) is 3.10. The zero-order valence-electron chi connectivity index (χ0n) is 12.6. The van der Waals surface area contributed by atoms with Gasteiger partial charge in [0.25, 0.3) is 5.91 Å². The molecule has 0 saturated heterocycles. The number of rotatable bonds is 5. The Bertz CT molecular complexity index is 489. The Morgan fingerprint density at radius 1 is 1.29 bits per heavy atom. The van der Waals surface area contributed by atoms with Crippen LogP contribution in [0.3, 0.4) is 0 Å². The van der Waals surface area contributed by atoms with E-state index in [1.54, 1.807) is 25.3 Å². The highest BCUT2D eigenvalue weighted by atomic mass is 16.5. The van der Waals surface area contributed by atoms with Gasteiger partial charge in [-0.2, -0.15) is 0 Å². The van der Waals surface area contributed by atoms with E-state index in [2.05, 4.69) is 5.32 Å². The predicted molar refractivity (Wildman–Crippen MR) is 79.8 cm³/mol. The van der Waals surface area contributed by atoms with E-state index in [-0.39, 0.29) is 24.5 Å². The molecule has 5 heteroatoms. The maximum absolute atomic E-state index is 12.5. The number of benzene rings is 1. The number of aliphatic hydroxyl groups excluding tert-OH is 1.